The average molecular weight is 359 g/mol. The monoisotopic (exact) mass is 359 g/mol. The van der Waals surface area contributed by atoms with Crippen LogP contribution in [0.4, 0.5) is 5.82 Å². The SMILES string of the molecule is C=CCOc1ccc([C@H]2CC(=O)Nc3c2cnn3-c2ccc(C)cc2)cc1. The van der Waals surface area contributed by atoms with E-state index in [4.69, 9.17) is 4.74 Å². The van der Waals surface area contributed by atoms with Gasteiger partial charge in [-0.05, 0) is 36.8 Å². The summed E-state index contributed by atoms with van der Waals surface area (Å²) in [4.78, 5) is 12.4. The van der Waals surface area contributed by atoms with Crippen molar-refractivity contribution < 1.29 is 9.53 Å². The summed E-state index contributed by atoms with van der Waals surface area (Å²) in [6.45, 7) is 6.17. The largest absolute Gasteiger partial charge is 0.490 e. The third-order valence-electron chi connectivity index (χ3n) is 4.75. The molecule has 0 radical (unpaired) electrons. The van der Waals surface area contributed by atoms with Crippen LogP contribution in [0.15, 0.2) is 67.4 Å². The van der Waals surface area contributed by atoms with E-state index in [1.54, 1.807) is 10.8 Å². The first kappa shape index (κ1) is 17.1. The third-order valence-corrected chi connectivity index (χ3v) is 4.75. The van der Waals surface area contributed by atoms with Gasteiger partial charge in [-0.1, -0.05) is 42.5 Å². The van der Waals surface area contributed by atoms with Crippen molar-refractivity contribution >= 4 is 11.7 Å². The lowest BCUT2D eigenvalue weighted by atomic mass is 9.87. The first-order chi connectivity index (χ1) is 13.2. The number of carbonyl (C=O) groups is 1. The predicted octanol–water partition coefficient (Wildman–Crippen LogP) is 4.22. The van der Waals surface area contributed by atoms with Crippen LogP contribution < -0.4 is 10.1 Å². The smallest absolute Gasteiger partial charge is 0.226 e. The molecule has 0 fully saturated rings. The second-order valence-electron chi connectivity index (χ2n) is 6.67. The molecule has 3 aromatic rings. The highest BCUT2D eigenvalue weighted by Gasteiger charge is 2.30. The number of hydrogen-bond acceptors (Lipinski definition) is 3. The van der Waals surface area contributed by atoms with Crippen LogP contribution in [-0.4, -0.2) is 22.3 Å². The molecule has 5 heteroatoms. The molecule has 2 heterocycles. The van der Waals surface area contributed by atoms with E-state index in [9.17, 15) is 4.79 Å². The molecule has 136 valence electrons. The number of rotatable bonds is 5. The van der Waals surface area contributed by atoms with Crippen molar-refractivity contribution in [3.8, 4) is 11.4 Å². The maximum Gasteiger partial charge on any atom is 0.226 e. The van der Waals surface area contributed by atoms with Crippen molar-refractivity contribution in [3.05, 3.63) is 84.1 Å². The fourth-order valence-electron chi connectivity index (χ4n) is 3.35. The lowest BCUT2D eigenvalue weighted by Gasteiger charge is -2.24. The molecule has 1 amide bonds. The number of aromatic nitrogens is 2. The Hall–Kier alpha value is -3.34. The first-order valence-corrected chi connectivity index (χ1v) is 8.94. The van der Waals surface area contributed by atoms with Crippen LogP contribution in [0.3, 0.4) is 0 Å². The normalized spacial score (nSPS) is 15.7. The molecule has 0 saturated carbocycles. The molecule has 0 saturated heterocycles. The minimum atomic E-state index is -0.0265. The topological polar surface area (TPSA) is 56.1 Å². The Bertz CT molecular complexity index is 972. The van der Waals surface area contributed by atoms with Crippen molar-refractivity contribution in [1.29, 1.82) is 0 Å². The summed E-state index contributed by atoms with van der Waals surface area (Å²) in [6.07, 6.45) is 3.96. The highest BCUT2D eigenvalue weighted by molar-refractivity contribution is 5.94. The second kappa shape index (κ2) is 7.11. The minimum absolute atomic E-state index is 0.00616. The van der Waals surface area contributed by atoms with Crippen LogP contribution in [0.5, 0.6) is 5.75 Å². The van der Waals surface area contributed by atoms with E-state index in [0.29, 0.717) is 13.0 Å². The molecular formula is C22H21N3O2. The Morgan fingerprint density at radius 2 is 1.96 bits per heavy atom. The summed E-state index contributed by atoms with van der Waals surface area (Å²) in [5, 5.41) is 7.52. The van der Waals surface area contributed by atoms with E-state index < -0.39 is 0 Å². The van der Waals surface area contributed by atoms with Gasteiger partial charge in [0.2, 0.25) is 5.91 Å². The molecule has 0 aliphatic carbocycles. The molecule has 1 aliphatic heterocycles. The molecule has 0 bridgehead atoms. The van der Waals surface area contributed by atoms with Crippen LogP contribution in [-0.2, 0) is 4.79 Å². The Kier molecular flexibility index (Phi) is 4.50. The number of nitrogens with zero attached hydrogens (tertiary/aromatic N) is 2. The van der Waals surface area contributed by atoms with E-state index >= 15 is 0 Å². The number of anilines is 1. The van der Waals surface area contributed by atoms with Gasteiger partial charge >= 0.3 is 0 Å². The van der Waals surface area contributed by atoms with E-state index in [1.807, 2.05) is 61.7 Å². The summed E-state index contributed by atoms with van der Waals surface area (Å²) >= 11 is 0. The van der Waals surface area contributed by atoms with Crippen molar-refractivity contribution in [3.63, 3.8) is 0 Å². The van der Waals surface area contributed by atoms with Crippen molar-refractivity contribution in [2.75, 3.05) is 11.9 Å². The zero-order valence-electron chi connectivity index (χ0n) is 15.2. The Labute approximate surface area is 158 Å². The van der Waals surface area contributed by atoms with Crippen LogP contribution in [0.25, 0.3) is 5.69 Å². The van der Waals surface area contributed by atoms with Crippen LogP contribution in [0.2, 0.25) is 0 Å². The zero-order chi connectivity index (χ0) is 18.8. The Morgan fingerprint density at radius 3 is 2.67 bits per heavy atom. The van der Waals surface area contributed by atoms with Gasteiger partial charge in [0.25, 0.3) is 0 Å². The van der Waals surface area contributed by atoms with Gasteiger partial charge < -0.3 is 10.1 Å². The molecule has 4 rings (SSSR count). The number of ether oxygens (including phenoxy) is 1. The number of fused-ring (bicyclic) bond motifs is 1. The number of benzene rings is 2. The molecule has 0 unspecified atom stereocenters. The van der Waals surface area contributed by atoms with Crippen molar-refractivity contribution in [2.24, 2.45) is 0 Å². The summed E-state index contributed by atoms with van der Waals surface area (Å²) < 4.78 is 7.34. The predicted molar refractivity (Wildman–Crippen MR) is 106 cm³/mol. The van der Waals surface area contributed by atoms with Gasteiger partial charge in [-0.25, -0.2) is 4.68 Å². The fraction of sp³-hybridized carbons (Fsp3) is 0.182. The maximum absolute atomic E-state index is 12.4. The molecule has 5 nitrogen and oxygen atoms in total. The van der Waals surface area contributed by atoms with Gasteiger partial charge in [0.1, 0.15) is 18.2 Å². The molecule has 1 aromatic heterocycles. The number of hydrogen-bond donors (Lipinski definition) is 1. The Morgan fingerprint density at radius 1 is 1.22 bits per heavy atom. The van der Waals surface area contributed by atoms with Gasteiger partial charge in [0, 0.05) is 17.9 Å². The van der Waals surface area contributed by atoms with E-state index in [1.165, 1.54) is 5.56 Å². The molecule has 1 N–H and O–H groups in total. The van der Waals surface area contributed by atoms with Gasteiger partial charge in [-0.3, -0.25) is 4.79 Å². The van der Waals surface area contributed by atoms with Gasteiger partial charge in [-0.15, -0.1) is 0 Å². The molecule has 1 aliphatic rings. The molecule has 1 atom stereocenters. The van der Waals surface area contributed by atoms with Gasteiger partial charge in [-0.2, -0.15) is 5.10 Å². The molecular weight excluding hydrogens is 338 g/mol. The summed E-state index contributed by atoms with van der Waals surface area (Å²) in [6, 6.07) is 15.9. The summed E-state index contributed by atoms with van der Waals surface area (Å²) in [5.41, 5.74) is 4.20. The quantitative estimate of drug-likeness (QED) is 0.694. The maximum atomic E-state index is 12.4. The third kappa shape index (κ3) is 3.36. The van der Waals surface area contributed by atoms with Gasteiger partial charge in [0.15, 0.2) is 0 Å². The number of nitrogens with one attached hydrogen (secondary N) is 1. The van der Waals surface area contributed by atoms with E-state index in [0.717, 1.165) is 28.4 Å². The van der Waals surface area contributed by atoms with E-state index in [2.05, 4.69) is 17.0 Å². The first-order valence-electron chi connectivity index (χ1n) is 8.94. The molecule has 0 spiro atoms. The number of carbonyl (C=O) groups excluding carboxylic acids is 1. The molecule has 2 aromatic carbocycles. The van der Waals surface area contributed by atoms with Gasteiger partial charge in [0.05, 0.1) is 11.9 Å². The van der Waals surface area contributed by atoms with Crippen molar-refractivity contribution in [2.45, 2.75) is 19.3 Å². The van der Waals surface area contributed by atoms with Crippen LogP contribution in [0.1, 0.15) is 29.0 Å². The lowest BCUT2D eigenvalue weighted by Crippen LogP contribution is -2.24. The number of amides is 1. The lowest BCUT2D eigenvalue weighted by molar-refractivity contribution is -0.116. The van der Waals surface area contributed by atoms with Crippen LogP contribution in [0, 0.1) is 6.92 Å². The highest BCUT2D eigenvalue weighted by Crippen LogP contribution is 2.38. The standard InChI is InChI=1S/C22H21N3O2/c1-3-12-27-18-10-6-16(7-11-18)19-13-21(26)24-22-20(19)14-23-25(22)17-8-4-15(2)5-9-17/h3-11,14,19H,1,12-13H2,2H3,(H,24,26)/t19-/m1/s1. The molecule has 27 heavy (non-hydrogen) atoms. The average Bonchev–Trinajstić information content (AvgIpc) is 3.10. The summed E-state index contributed by atoms with van der Waals surface area (Å²) in [5.74, 6) is 1.50. The Balaban J connectivity index is 1.68. The second-order valence-corrected chi connectivity index (χ2v) is 6.67. The van der Waals surface area contributed by atoms with Crippen molar-refractivity contribution in [1.82, 2.24) is 9.78 Å². The number of aryl methyl sites for hydroxylation is 1. The zero-order valence-corrected chi connectivity index (χ0v) is 15.2. The minimum Gasteiger partial charge on any atom is -0.490 e. The summed E-state index contributed by atoms with van der Waals surface area (Å²) in [7, 11) is 0. The van der Waals surface area contributed by atoms with E-state index in [-0.39, 0.29) is 11.8 Å². The fourth-order valence-corrected chi connectivity index (χ4v) is 3.35. The van der Waals surface area contributed by atoms with Crippen LogP contribution >= 0.6 is 0 Å². The highest BCUT2D eigenvalue weighted by atomic mass is 16.5.